The standard InChI is InChI=1S/C23H16Br2FNO3/c24-19-8-14(10-22(28)29)9-20(25)23(19)30-17-5-6-21-18(11-17)15(12-27-21)7-13-1-3-16(26)4-2-13/h1-6,8-9,11-12,27H,7,10H2,(H,28,29). The van der Waals surface area contributed by atoms with E-state index in [1.165, 1.54) is 12.1 Å². The molecule has 2 N–H and O–H groups in total. The molecule has 0 unspecified atom stereocenters. The highest BCUT2D eigenvalue weighted by atomic mass is 79.9. The van der Waals surface area contributed by atoms with Gasteiger partial charge in [0, 0.05) is 17.1 Å². The van der Waals surface area contributed by atoms with Gasteiger partial charge in [0.15, 0.2) is 5.75 Å². The molecule has 1 aromatic heterocycles. The molecule has 0 fully saturated rings. The van der Waals surface area contributed by atoms with Crippen molar-refractivity contribution in [3.8, 4) is 11.5 Å². The summed E-state index contributed by atoms with van der Waals surface area (Å²) in [7, 11) is 0. The average Bonchev–Trinajstić information content (AvgIpc) is 3.08. The van der Waals surface area contributed by atoms with E-state index in [1.807, 2.05) is 24.4 Å². The molecule has 152 valence electrons. The van der Waals surface area contributed by atoms with E-state index >= 15 is 0 Å². The molecule has 4 nitrogen and oxygen atoms in total. The molecular formula is C23H16Br2FNO3. The molecule has 4 rings (SSSR count). The summed E-state index contributed by atoms with van der Waals surface area (Å²) in [6.07, 6.45) is 2.55. The number of H-pyrrole nitrogens is 1. The van der Waals surface area contributed by atoms with Crippen molar-refractivity contribution in [1.82, 2.24) is 4.98 Å². The van der Waals surface area contributed by atoms with Gasteiger partial charge in [-0.1, -0.05) is 12.1 Å². The summed E-state index contributed by atoms with van der Waals surface area (Å²) in [6, 6.07) is 15.7. The summed E-state index contributed by atoms with van der Waals surface area (Å²) in [6.45, 7) is 0. The minimum atomic E-state index is -0.894. The third-order valence-corrected chi connectivity index (χ3v) is 5.86. The molecule has 0 aliphatic heterocycles. The predicted molar refractivity (Wildman–Crippen MR) is 121 cm³/mol. The minimum Gasteiger partial charge on any atom is -0.481 e. The molecule has 1 heterocycles. The molecule has 0 aliphatic carbocycles. The number of benzene rings is 3. The topological polar surface area (TPSA) is 62.3 Å². The smallest absolute Gasteiger partial charge is 0.307 e. The van der Waals surface area contributed by atoms with E-state index in [0.717, 1.165) is 22.0 Å². The lowest BCUT2D eigenvalue weighted by molar-refractivity contribution is -0.136. The number of rotatable bonds is 6. The van der Waals surface area contributed by atoms with Gasteiger partial charge in [0.2, 0.25) is 0 Å². The molecule has 0 spiro atoms. The molecule has 7 heteroatoms. The summed E-state index contributed by atoms with van der Waals surface area (Å²) in [5.74, 6) is 0.0712. The number of carboxylic acid groups (broad SMARTS) is 1. The Morgan fingerprint density at radius 3 is 2.37 bits per heavy atom. The van der Waals surface area contributed by atoms with Crippen molar-refractivity contribution < 1.29 is 19.0 Å². The van der Waals surface area contributed by atoms with Gasteiger partial charge in [0.05, 0.1) is 15.4 Å². The quantitative estimate of drug-likeness (QED) is 0.285. The predicted octanol–water partition coefficient (Wildman–Crippen LogP) is 6.84. The van der Waals surface area contributed by atoms with Crippen LogP contribution >= 0.6 is 31.9 Å². The molecule has 0 aliphatic rings. The van der Waals surface area contributed by atoms with Crippen molar-refractivity contribution in [2.75, 3.05) is 0 Å². The maximum Gasteiger partial charge on any atom is 0.307 e. The summed E-state index contributed by atoms with van der Waals surface area (Å²) in [4.78, 5) is 14.2. The highest BCUT2D eigenvalue weighted by Crippen LogP contribution is 2.39. The van der Waals surface area contributed by atoms with E-state index in [2.05, 4.69) is 36.8 Å². The first-order chi connectivity index (χ1) is 14.4. The van der Waals surface area contributed by atoms with Crippen LogP contribution in [0.4, 0.5) is 4.39 Å². The lowest BCUT2D eigenvalue weighted by Crippen LogP contribution is -2.00. The third kappa shape index (κ3) is 4.57. The molecule has 0 atom stereocenters. The number of nitrogens with one attached hydrogen (secondary N) is 1. The Bertz CT molecular complexity index is 1210. The third-order valence-electron chi connectivity index (χ3n) is 4.68. The van der Waals surface area contributed by atoms with Crippen LogP contribution in [-0.4, -0.2) is 16.1 Å². The van der Waals surface area contributed by atoms with Crippen molar-refractivity contribution in [3.05, 3.63) is 92.2 Å². The van der Waals surface area contributed by atoms with Crippen molar-refractivity contribution in [1.29, 1.82) is 0 Å². The second kappa shape index (κ2) is 8.62. The van der Waals surface area contributed by atoms with Crippen molar-refractivity contribution in [3.63, 3.8) is 0 Å². The first-order valence-electron chi connectivity index (χ1n) is 9.11. The van der Waals surface area contributed by atoms with Crippen LogP contribution in [0.2, 0.25) is 0 Å². The zero-order valence-electron chi connectivity index (χ0n) is 15.6. The zero-order valence-corrected chi connectivity index (χ0v) is 18.8. The first-order valence-corrected chi connectivity index (χ1v) is 10.7. The number of carboxylic acids is 1. The fourth-order valence-corrected chi connectivity index (χ4v) is 4.74. The van der Waals surface area contributed by atoms with Crippen LogP contribution in [0, 0.1) is 5.82 Å². The van der Waals surface area contributed by atoms with E-state index < -0.39 is 5.97 Å². The Morgan fingerprint density at radius 1 is 1.00 bits per heavy atom. The van der Waals surface area contributed by atoms with Crippen LogP contribution in [0.3, 0.4) is 0 Å². The highest BCUT2D eigenvalue weighted by Gasteiger charge is 2.13. The second-order valence-corrected chi connectivity index (χ2v) is 8.59. The summed E-state index contributed by atoms with van der Waals surface area (Å²) >= 11 is 6.93. The largest absolute Gasteiger partial charge is 0.481 e. The van der Waals surface area contributed by atoms with E-state index in [0.29, 0.717) is 32.4 Å². The van der Waals surface area contributed by atoms with Gasteiger partial charge in [-0.05, 0) is 97.4 Å². The summed E-state index contributed by atoms with van der Waals surface area (Å²) in [5.41, 5.74) is 3.74. The van der Waals surface area contributed by atoms with Crippen molar-refractivity contribution in [2.45, 2.75) is 12.8 Å². The number of hydrogen-bond acceptors (Lipinski definition) is 2. The van der Waals surface area contributed by atoms with Crippen LogP contribution in [0.5, 0.6) is 11.5 Å². The molecule has 0 saturated heterocycles. The van der Waals surface area contributed by atoms with Crippen molar-refractivity contribution in [2.24, 2.45) is 0 Å². The normalized spacial score (nSPS) is 11.0. The Hall–Kier alpha value is -2.64. The van der Waals surface area contributed by atoms with Crippen LogP contribution in [0.1, 0.15) is 16.7 Å². The number of ether oxygens (including phenoxy) is 1. The fourth-order valence-electron chi connectivity index (χ4n) is 3.29. The fraction of sp³-hybridized carbons (Fsp3) is 0.0870. The summed E-state index contributed by atoms with van der Waals surface area (Å²) in [5, 5.41) is 10.0. The van der Waals surface area contributed by atoms with E-state index in [1.54, 1.807) is 24.3 Å². The highest BCUT2D eigenvalue weighted by molar-refractivity contribution is 9.11. The molecule has 0 radical (unpaired) electrons. The lowest BCUT2D eigenvalue weighted by atomic mass is 10.0. The number of fused-ring (bicyclic) bond motifs is 1. The maximum atomic E-state index is 13.2. The van der Waals surface area contributed by atoms with Gasteiger partial charge in [-0.25, -0.2) is 4.39 Å². The number of halogens is 3. The van der Waals surface area contributed by atoms with Gasteiger partial charge in [-0.3, -0.25) is 4.79 Å². The number of carbonyl (C=O) groups is 1. The Morgan fingerprint density at radius 2 is 1.70 bits per heavy atom. The Balaban J connectivity index is 1.62. The molecule has 0 saturated carbocycles. The van der Waals surface area contributed by atoms with Crippen LogP contribution < -0.4 is 4.74 Å². The van der Waals surface area contributed by atoms with Gasteiger partial charge < -0.3 is 14.8 Å². The number of aromatic amines is 1. The van der Waals surface area contributed by atoms with Crippen LogP contribution in [0.25, 0.3) is 10.9 Å². The molecule has 4 aromatic rings. The van der Waals surface area contributed by atoms with Crippen molar-refractivity contribution >= 4 is 48.7 Å². The van der Waals surface area contributed by atoms with Gasteiger partial charge in [0.1, 0.15) is 11.6 Å². The lowest BCUT2D eigenvalue weighted by Gasteiger charge is -2.12. The van der Waals surface area contributed by atoms with E-state index in [-0.39, 0.29) is 12.2 Å². The average molecular weight is 533 g/mol. The Kier molecular flexibility index (Phi) is 5.92. The molecular weight excluding hydrogens is 517 g/mol. The molecule has 3 aromatic carbocycles. The second-order valence-electron chi connectivity index (χ2n) is 6.89. The number of aliphatic carboxylic acids is 1. The van der Waals surface area contributed by atoms with Crippen LogP contribution in [0.15, 0.2) is 69.7 Å². The number of aromatic nitrogens is 1. The molecule has 30 heavy (non-hydrogen) atoms. The minimum absolute atomic E-state index is 0.0699. The van der Waals surface area contributed by atoms with Gasteiger partial charge >= 0.3 is 5.97 Å². The first kappa shape index (κ1) is 20.6. The number of hydrogen-bond donors (Lipinski definition) is 2. The van der Waals surface area contributed by atoms with E-state index in [9.17, 15) is 9.18 Å². The summed E-state index contributed by atoms with van der Waals surface area (Å²) < 4.78 is 20.6. The van der Waals surface area contributed by atoms with Gasteiger partial charge in [-0.2, -0.15) is 0 Å². The molecule has 0 bridgehead atoms. The monoisotopic (exact) mass is 531 g/mol. The SMILES string of the molecule is O=C(O)Cc1cc(Br)c(Oc2ccc3[nH]cc(Cc4ccc(F)cc4)c3c2)c(Br)c1. The van der Waals surface area contributed by atoms with Crippen LogP contribution in [-0.2, 0) is 17.6 Å². The van der Waals surface area contributed by atoms with Gasteiger partial charge in [-0.15, -0.1) is 0 Å². The van der Waals surface area contributed by atoms with E-state index in [4.69, 9.17) is 9.84 Å². The van der Waals surface area contributed by atoms with Gasteiger partial charge in [0.25, 0.3) is 0 Å². The Labute approximate surface area is 189 Å². The molecule has 0 amide bonds. The maximum absolute atomic E-state index is 13.2. The zero-order chi connectivity index (χ0) is 21.3.